The van der Waals surface area contributed by atoms with E-state index < -0.39 is 18.5 Å². The van der Waals surface area contributed by atoms with Gasteiger partial charge in [0.1, 0.15) is 17.9 Å². The maximum Gasteiger partial charge on any atom is 0.349 e. The predicted molar refractivity (Wildman–Crippen MR) is 113 cm³/mol. The molecule has 1 amide bonds. The number of carbonyl (C=O) groups excluding carboxylic acids is 2. The molecule has 0 atom stereocenters. The zero-order valence-electron chi connectivity index (χ0n) is 16.2. The highest BCUT2D eigenvalue weighted by atomic mass is 79.9. The van der Waals surface area contributed by atoms with Crippen LogP contribution in [0.3, 0.4) is 0 Å². The molecule has 0 saturated heterocycles. The Hall–Kier alpha value is -3.64. The molecule has 2 aromatic heterocycles. The van der Waals surface area contributed by atoms with E-state index in [2.05, 4.69) is 30.9 Å². The highest BCUT2D eigenvalue weighted by Crippen LogP contribution is 2.24. The molecule has 1 aromatic carbocycles. The Balaban J connectivity index is 1.74. The minimum atomic E-state index is -0.888. The summed E-state index contributed by atoms with van der Waals surface area (Å²) in [4.78, 5) is 24.0. The van der Waals surface area contributed by atoms with E-state index in [1.807, 2.05) is 54.8 Å². The van der Waals surface area contributed by atoms with Crippen molar-refractivity contribution < 1.29 is 18.8 Å². The molecule has 0 unspecified atom stereocenters. The first-order valence-electron chi connectivity index (χ1n) is 8.83. The molecule has 0 bridgehead atoms. The number of hydrogen-bond donors (Lipinski definition) is 1. The van der Waals surface area contributed by atoms with Crippen molar-refractivity contribution in [2.45, 2.75) is 13.8 Å². The van der Waals surface area contributed by atoms with Crippen LogP contribution in [0.1, 0.15) is 17.0 Å². The predicted octanol–water partition coefficient (Wildman–Crippen LogP) is 3.93. The fourth-order valence-electron chi connectivity index (χ4n) is 2.88. The second-order valence-electron chi connectivity index (χ2n) is 6.32. The summed E-state index contributed by atoms with van der Waals surface area (Å²) in [6.07, 6.45) is 2.75. The Labute approximate surface area is 180 Å². The second-order valence-corrected chi connectivity index (χ2v) is 7.23. The van der Waals surface area contributed by atoms with Crippen LogP contribution in [-0.4, -0.2) is 28.2 Å². The topological polar surface area (TPSA) is 110 Å². The van der Waals surface area contributed by atoms with Crippen LogP contribution in [0.4, 0.5) is 5.82 Å². The highest BCUT2D eigenvalue weighted by molar-refractivity contribution is 9.10. The summed E-state index contributed by atoms with van der Waals surface area (Å²) < 4.78 is 12.5. The zero-order chi connectivity index (χ0) is 21.7. The summed E-state index contributed by atoms with van der Waals surface area (Å²) in [5.41, 5.74) is 3.26. The molecule has 9 heteroatoms. The number of nitrogens with one attached hydrogen (secondary N) is 1. The average molecular weight is 469 g/mol. The normalized spacial score (nSPS) is 11.1. The average Bonchev–Trinajstić information content (AvgIpc) is 3.32. The zero-order valence-corrected chi connectivity index (χ0v) is 17.8. The Morgan fingerprint density at radius 3 is 2.67 bits per heavy atom. The SMILES string of the molecule is Cc1cc(/C=C(\C#N)C(=O)OCC(=O)Nc2ccon2)c(C)n1-c1ccc(Br)cc1. The number of anilines is 1. The lowest BCUT2D eigenvalue weighted by Gasteiger charge is -2.09. The third-order valence-electron chi connectivity index (χ3n) is 4.23. The van der Waals surface area contributed by atoms with E-state index >= 15 is 0 Å². The molecule has 0 aliphatic heterocycles. The Kier molecular flexibility index (Phi) is 6.49. The van der Waals surface area contributed by atoms with Crippen LogP contribution in [0.5, 0.6) is 0 Å². The first kappa shape index (κ1) is 21.1. The molecule has 152 valence electrons. The molecule has 0 radical (unpaired) electrons. The van der Waals surface area contributed by atoms with E-state index in [0.29, 0.717) is 5.56 Å². The van der Waals surface area contributed by atoms with E-state index in [1.54, 1.807) is 0 Å². The quantitative estimate of drug-likeness (QED) is 0.333. The molecule has 0 aliphatic carbocycles. The van der Waals surface area contributed by atoms with Crippen molar-refractivity contribution in [2.75, 3.05) is 11.9 Å². The fourth-order valence-corrected chi connectivity index (χ4v) is 3.14. The van der Waals surface area contributed by atoms with Crippen molar-refractivity contribution in [3.63, 3.8) is 0 Å². The number of halogens is 1. The van der Waals surface area contributed by atoms with E-state index in [9.17, 15) is 14.9 Å². The molecule has 0 spiro atoms. The largest absolute Gasteiger partial charge is 0.451 e. The number of rotatable bonds is 6. The number of benzene rings is 1. The van der Waals surface area contributed by atoms with Crippen LogP contribution >= 0.6 is 15.9 Å². The van der Waals surface area contributed by atoms with Gasteiger partial charge in [-0.1, -0.05) is 21.1 Å². The van der Waals surface area contributed by atoms with Crippen molar-refractivity contribution in [2.24, 2.45) is 0 Å². The van der Waals surface area contributed by atoms with E-state index in [-0.39, 0.29) is 11.4 Å². The van der Waals surface area contributed by atoms with Gasteiger partial charge in [-0.05, 0) is 55.8 Å². The Morgan fingerprint density at radius 1 is 1.30 bits per heavy atom. The molecular formula is C21H17BrN4O4. The number of carbonyl (C=O) groups is 2. The number of amides is 1. The van der Waals surface area contributed by atoms with Gasteiger partial charge in [0.25, 0.3) is 5.91 Å². The maximum absolute atomic E-state index is 12.3. The summed E-state index contributed by atoms with van der Waals surface area (Å²) >= 11 is 3.42. The molecule has 0 fully saturated rings. The number of hydrogen-bond acceptors (Lipinski definition) is 6. The smallest absolute Gasteiger partial charge is 0.349 e. The van der Waals surface area contributed by atoms with Crippen LogP contribution in [0.2, 0.25) is 0 Å². The van der Waals surface area contributed by atoms with Crippen LogP contribution < -0.4 is 5.32 Å². The first-order valence-corrected chi connectivity index (χ1v) is 9.62. The summed E-state index contributed by atoms with van der Waals surface area (Å²) in [5.74, 6) is -1.28. The van der Waals surface area contributed by atoms with Gasteiger partial charge in [0.15, 0.2) is 12.4 Å². The second kappa shape index (κ2) is 9.24. The van der Waals surface area contributed by atoms with Gasteiger partial charge in [-0.15, -0.1) is 0 Å². The lowest BCUT2D eigenvalue weighted by atomic mass is 10.1. The maximum atomic E-state index is 12.3. The van der Waals surface area contributed by atoms with Gasteiger partial charge in [-0.3, -0.25) is 4.79 Å². The summed E-state index contributed by atoms with van der Waals surface area (Å²) in [6, 6.07) is 13.0. The number of nitrogens with zero attached hydrogens (tertiary/aromatic N) is 3. The van der Waals surface area contributed by atoms with E-state index in [1.165, 1.54) is 18.4 Å². The van der Waals surface area contributed by atoms with Gasteiger partial charge < -0.3 is 19.1 Å². The number of aromatic nitrogens is 2. The fraction of sp³-hybridized carbons (Fsp3) is 0.143. The molecule has 3 rings (SSSR count). The van der Waals surface area contributed by atoms with Crippen LogP contribution in [0.25, 0.3) is 11.8 Å². The van der Waals surface area contributed by atoms with Gasteiger partial charge in [0.2, 0.25) is 0 Å². The van der Waals surface area contributed by atoms with Crippen molar-refractivity contribution in [3.05, 3.63) is 69.7 Å². The summed E-state index contributed by atoms with van der Waals surface area (Å²) in [6.45, 7) is 3.28. The molecule has 0 saturated carbocycles. The molecule has 8 nitrogen and oxygen atoms in total. The van der Waals surface area contributed by atoms with Gasteiger partial charge in [-0.25, -0.2) is 4.79 Å². The first-order chi connectivity index (χ1) is 14.4. The van der Waals surface area contributed by atoms with Crippen molar-refractivity contribution >= 4 is 39.7 Å². The summed E-state index contributed by atoms with van der Waals surface area (Å²) in [5, 5.41) is 15.3. The molecule has 30 heavy (non-hydrogen) atoms. The van der Waals surface area contributed by atoms with E-state index in [0.717, 1.165) is 21.5 Å². The van der Waals surface area contributed by atoms with Crippen LogP contribution in [0.15, 0.2) is 57.2 Å². The van der Waals surface area contributed by atoms with Crippen molar-refractivity contribution in [3.8, 4) is 11.8 Å². The van der Waals surface area contributed by atoms with Gasteiger partial charge in [-0.2, -0.15) is 5.26 Å². The van der Waals surface area contributed by atoms with E-state index in [4.69, 9.17) is 4.74 Å². The number of nitriles is 1. The van der Waals surface area contributed by atoms with Crippen molar-refractivity contribution in [1.82, 2.24) is 9.72 Å². The third-order valence-corrected chi connectivity index (χ3v) is 4.76. The number of esters is 1. The van der Waals surface area contributed by atoms with Gasteiger partial charge in [0, 0.05) is 27.6 Å². The standard InChI is InChI=1S/C21H17BrN4O4/c1-13-9-15(14(2)26(13)18-5-3-17(22)4-6-18)10-16(11-23)21(28)29-12-20(27)24-19-7-8-30-25-19/h3-10H,12H2,1-2H3,(H,24,25,27)/b16-10+. The number of aryl methyl sites for hydroxylation is 1. The summed E-state index contributed by atoms with van der Waals surface area (Å²) in [7, 11) is 0. The molecule has 1 N–H and O–H groups in total. The number of ether oxygens (including phenoxy) is 1. The van der Waals surface area contributed by atoms with Gasteiger partial charge in [0.05, 0.1) is 0 Å². The van der Waals surface area contributed by atoms with Gasteiger partial charge >= 0.3 is 5.97 Å². The highest BCUT2D eigenvalue weighted by Gasteiger charge is 2.16. The third kappa shape index (κ3) is 4.85. The molecule has 0 aliphatic rings. The monoisotopic (exact) mass is 468 g/mol. The molecule has 2 heterocycles. The Morgan fingerprint density at radius 2 is 2.03 bits per heavy atom. The molecular weight excluding hydrogens is 452 g/mol. The van der Waals surface area contributed by atoms with Crippen LogP contribution in [-0.2, 0) is 14.3 Å². The Bertz CT molecular complexity index is 1140. The molecule has 3 aromatic rings. The van der Waals surface area contributed by atoms with Crippen molar-refractivity contribution in [1.29, 1.82) is 5.26 Å². The van der Waals surface area contributed by atoms with Crippen LogP contribution in [0, 0.1) is 25.2 Å². The minimum absolute atomic E-state index is 0.201. The minimum Gasteiger partial charge on any atom is -0.451 e. The lowest BCUT2D eigenvalue weighted by molar-refractivity contribution is -0.142. The lowest BCUT2D eigenvalue weighted by Crippen LogP contribution is -2.21.